The zero-order valence-corrected chi connectivity index (χ0v) is 23.4. The van der Waals surface area contributed by atoms with E-state index in [0.717, 1.165) is 12.0 Å². The second-order valence-electron chi connectivity index (χ2n) is 11.8. The fourth-order valence-electron chi connectivity index (χ4n) is 8.30. The fourth-order valence-corrected chi connectivity index (χ4v) is 8.60. The molecule has 204 valence electrons. The molecular formula is C29H40O7S. The summed E-state index contributed by atoms with van der Waals surface area (Å²) in [7, 11) is 0. The van der Waals surface area contributed by atoms with Gasteiger partial charge in [-0.05, 0) is 68.3 Å². The van der Waals surface area contributed by atoms with E-state index in [-0.39, 0.29) is 41.6 Å². The maximum atomic E-state index is 13.8. The van der Waals surface area contributed by atoms with E-state index >= 15 is 0 Å². The molecule has 8 atom stereocenters. The predicted molar refractivity (Wildman–Crippen MR) is 141 cm³/mol. The SMILES string of the molecule is CCCC(=O)OCC(=O)[C@@]1(OC(=O)CSC)CC[C@H]2[C@@H]3C[C@H](C)C4=CC(=O)C=C[C@]4(C)[C@H]3[C@@H](O)C[C@@]21C. The lowest BCUT2D eigenvalue weighted by Crippen LogP contribution is -2.63. The molecular weight excluding hydrogens is 492 g/mol. The molecule has 4 rings (SSSR count). The van der Waals surface area contributed by atoms with Gasteiger partial charge >= 0.3 is 11.9 Å². The van der Waals surface area contributed by atoms with Crippen molar-refractivity contribution in [3.8, 4) is 0 Å². The van der Waals surface area contributed by atoms with Gasteiger partial charge in [-0.1, -0.05) is 39.3 Å². The Bertz CT molecular complexity index is 1030. The summed E-state index contributed by atoms with van der Waals surface area (Å²) in [6, 6.07) is 0. The smallest absolute Gasteiger partial charge is 0.316 e. The van der Waals surface area contributed by atoms with Gasteiger partial charge in [-0.2, -0.15) is 11.8 Å². The van der Waals surface area contributed by atoms with E-state index in [9.17, 15) is 24.3 Å². The number of ether oxygens (including phenoxy) is 2. The first-order valence-electron chi connectivity index (χ1n) is 13.5. The van der Waals surface area contributed by atoms with E-state index in [4.69, 9.17) is 9.47 Å². The first-order chi connectivity index (χ1) is 17.4. The molecule has 0 aliphatic heterocycles. The normalized spacial score (nSPS) is 40.2. The summed E-state index contributed by atoms with van der Waals surface area (Å²) in [4.78, 5) is 50.9. The van der Waals surface area contributed by atoms with E-state index in [1.807, 2.05) is 19.9 Å². The quantitative estimate of drug-likeness (QED) is 0.466. The van der Waals surface area contributed by atoms with Gasteiger partial charge in [0.25, 0.3) is 0 Å². The lowest BCUT2D eigenvalue weighted by atomic mass is 9.44. The van der Waals surface area contributed by atoms with Gasteiger partial charge in [0.15, 0.2) is 18.0 Å². The Kier molecular flexibility index (Phi) is 7.84. The standard InChI is InChI=1S/C29H40O7S/c1-6-7-24(33)35-15-23(32)29(36-25(34)16-37-5)11-9-20-19-12-17(2)21-13-18(30)8-10-27(21,3)26(19)22(31)14-28(20,29)4/h8,10,13,17,19-20,22,26,31H,6-7,9,11-12,14-16H2,1-5H3/t17-,19-,20-,22-,26+,27-,28-,29-/m0/s1. The molecule has 37 heavy (non-hydrogen) atoms. The van der Waals surface area contributed by atoms with Crippen molar-refractivity contribution in [2.24, 2.45) is 34.5 Å². The summed E-state index contributed by atoms with van der Waals surface area (Å²) in [6.07, 6.45) is 9.29. The Balaban J connectivity index is 1.71. The minimum Gasteiger partial charge on any atom is -0.457 e. The maximum Gasteiger partial charge on any atom is 0.316 e. The van der Waals surface area contributed by atoms with Crippen molar-refractivity contribution in [2.75, 3.05) is 18.6 Å². The molecule has 1 N–H and O–H groups in total. The van der Waals surface area contributed by atoms with Crippen LogP contribution in [-0.4, -0.2) is 58.9 Å². The molecule has 0 aromatic carbocycles. The van der Waals surface area contributed by atoms with E-state index in [0.29, 0.717) is 25.7 Å². The summed E-state index contributed by atoms with van der Waals surface area (Å²) < 4.78 is 11.4. The number of thioether (sulfide) groups is 1. The second-order valence-corrected chi connectivity index (χ2v) is 12.7. The number of allylic oxidation sites excluding steroid dienone is 4. The summed E-state index contributed by atoms with van der Waals surface area (Å²) in [6.45, 7) is 7.63. The van der Waals surface area contributed by atoms with Gasteiger partial charge in [-0.15, -0.1) is 0 Å². The lowest BCUT2D eigenvalue weighted by Gasteiger charge is -2.61. The van der Waals surface area contributed by atoms with Crippen LogP contribution in [0.4, 0.5) is 0 Å². The third-order valence-corrected chi connectivity index (χ3v) is 10.3. The molecule has 4 aliphatic rings. The van der Waals surface area contributed by atoms with Crippen LogP contribution in [-0.2, 0) is 28.7 Å². The van der Waals surface area contributed by atoms with Crippen LogP contribution in [0.2, 0.25) is 0 Å². The highest BCUT2D eigenvalue weighted by atomic mass is 32.2. The Hall–Kier alpha value is -1.93. The zero-order chi connectivity index (χ0) is 27.2. The maximum absolute atomic E-state index is 13.8. The number of fused-ring (bicyclic) bond motifs is 5. The summed E-state index contributed by atoms with van der Waals surface area (Å²) in [5.41, 5.74) is -1.64. The van der Waals surface area contributed by atoms with Gasteiger partial charge in [0.1, 0.15) is 0 Å². The van der Waals surface area contributed by atoms with Gasteiger partial charge < -0.3 is 14.6 Å². The Morgan fingerprint density at radius 1 is 1.22 bits per heavy atom. The average molecular weight is 533 g/mol. The molecule has 0 aromatic rings. The molecule has 7 nitrogen and oxygen atoms in total. The molecule has 0 unspecified atom stereocenters. The van der Waals surface area contributed by atoms with Crippen molar-refractivity contribution in [3.05, 3.63) is 23.8 Å². The highest BCUT2D eigenvalue weighted by Crippen LogP contribution is 2.68. The molecule has 3 saturated carbocycles. The van der Waals surface area contributed by atoms with Crippen molar-refractivity contribution < 1.29 is 33.8 Å². The molecule has 0 aromatic heterocycles. The number of Topliss-reactive ketones (excluding diaryl/α,β-unsaturated/α-hetero) is 1. The van der Waals surface area contributed by atoms with Gasteiger partial charge in [0.05, 0.1) is 11.9 Å². The van der Waals surface area contributed by atoms with Crippen LogP contribution < -0.4 is 0 Å². The summed E-state index contributed by atoms with van der Waals surface area (Å²) in [5.74, 6) is -1.06. The van der Waals surface area contributed by atoms with Gasteiger partial charge in [0, 0.05) is 23.2 Å². The van der Waals surface area contributed by atoms with Crippen molar-refractivity contribution in [1.29, 1.82) is 0 Å². The van der Waals surface area contributed by atoms with E-state index in [2.05, 4.69) is 13.8 Å². The van der Waals surface area contributed by atoms with Crippen LogP contribution in [0.3, 0.4) is 0 Å². The van der Waals surface area contributed by atoms with E-state index in [1.54, 1.807) is 18.4 Å². The third kappa shape index (κ3) is 4.52. The van der Waals surface area contributed by atoms with Crippen molar-refractivity contribution >= 4 is 35.3 Å². The number of hydrogen-bond acceptors (Lipinski definition) is 8. The van der Waals surface area contributed by atoms with Crippen LogP contribution in [0.5, 0.6) is 0 Å². The largest absolute Gasteiger partial charge is 0.457 e. The molecule has 0 spiro atoms. The van der Waals surface area contributed by atoms with E-state index < -0.39 is 46.9 Å². The van der Waals surface area contributed by atoms with Crippen LogP contribution in [0, 0.1) is 34.5 Å². The minimum absolute atomic E-state index is 0.0169. The van der Waals surface area contributed by atoms with Gasteiger partial charge in [0.2, 0.25) is 5.78 Å². The Labute approximate surface area is 223 Å². The number of hydrogen-bond donors (Lipinski definition) is 1. The molecule has 0 bridgehead atoms. The lowest BCUT2D eigenvalue weighted by molar-refractivity contribution is -0.200. The first-order valence-corrected chi connectivity index (χ1v) is 14.9. The number of ketones is 2. The van der Waals surface area contributed by atoms with Crippen LogP contribution >= 0.6 is 11.8 Å². The van der Waals surface area contributed by atoms with Crippen molar-refractivity contribution in [3.63, 3.8) is 0 Å². The summed E-state index contributed by atoms with van der Waals surface area (Å²) in [5, 5.41) is 11.7. The summed E-state index contributed by atoms with van der Waals surface area (Å²) >= 11 is 1.33. The zero-order valence-electron chi connectivity index (χ0n) is 22.6. The molecule has 8 heteroatoms. The van der Waals surface area contributed by atoms with Gasteiger partial charge in [-0.25, -0.2) is 0 Å². The molecule has 0 amide bonds. The monoisotopic (exact) mass is 532 g/mol. The first kappa shape index (κ1) is 28.1. The van der Waals surface area contributed by atoms with E-state index in [1.165, 1.54) is 11.8 Å². The predicted octanol–water partition coefficient (Wildman–Crippen LogP) is 4.07. The van der Waals surface area contributed by atoms with Crippen molar-refractivity contribution in [2.45, 2.75) is 77.9 Å². The highest BCUT2D eigenvalue weighted by molar-refractivity contribution is 7.99. The molecule has 0 radical (unpaired) electrons. The third-order valence-electron chi connectivity index (χ3n) is 9.76. The molecule has 4 aliphatic carbocycles. The van der Waals surface area contributed by atoms with Crippen molar-refractivity contribution in [1.82, 2.24) is 0 Å². The van der Waals surface area contributed by atoms with Gasteiger partial charge in [-0.3, -0.25) is 19.2 Å². The minimum atomic E-state index is -1.46. The number of rotatable bonds is 8. The fraction of sp³-hybridized carbons (Fsp3) is 0.724. The van der Waals surface area contributed by atoms with Crippen LogP contribution in [0.25, 0.3) is 0 Å². The second kappa shape index (κ2) is 10.3. The molecule has 3 fully saturated rings. The number of aliphatic hydroxyl groups excluding tert-OH is 1. The topological polar surface area (TPSA) is 107 Å². The number of aliphatic hydroxyl groups is 1. The number of esters is 2. The number of carbonyl (C=O) groups is 4. The number of carbonyl (C=O) groups excluding carboxylic acids is 4. The van der Waals surface area contributed by atoms with Crippen LogP contribution in [0.1, 0.15) is 66.2 Å². The Morgan fingerprint density at radius 3 is 2.62 bits per heavy atom. The average Bonchev–Trinajstić information content (AvgIpc) is 3.11. The molecule has 0 saturated heterocycles. The van der Waals surface area contributed by atoms with Crippen LogP contribution in [0.15, 0.2) is 23.8 Å². The highest BCUT2D eigenvalue weighted by Gasteiger charge is 2.70. The molecule has 0 heterocycles. The Morgan fingerprint density at radius 2 is 1.95 bits per heavy atom.